The molecule has 1 amide bonds. The molecule has 4 N–H and O–H groups in total. The maximum absolute atomic E-state index is 12.2. The Labute approximate surface area is 127 Å². The topological polar surface area (TPSA) is 101 Å². The van der Waals surface area contributed by atoms with Gasteiger partial charge in [-0.3, -0.25) is 9.78 Å². The number of fused-ring (bicyclic) bond motifs is 1. The minimum Gasteiger partial charge on any atom is -0.408 e. The second-order valence-electron chi connectivity index (χ2n) is 4.41. The van der Waals surface area contributed by atoms with Gasteiger partial charge < -0.3 is 15.5 Å². The van der Waals surface area contributed by atoms with Crippen molar-refractivity contribution in [2.24, 2.45) is 0 Å². The number of aromatic amines is 1. The van der Waals surface area contributed by atoms with E-state index in [9.17, 15) is 9.59 Å². The van der Waals surface area contributed by atoms with E-state index < -0.39 is 5.76 Å². The molecule has 7 heteroatoms. The normalized spacial score (nSPS) is 10.7. The number of aromatic nitrogens is 1. The molecule has 0 bridgehead atoms. The van der Waals surface area contributed by atoms with Gasteiger partial charge in [0.1, 0.15) is 0 Å². The van der Waals surface area contributed by atoms with Gasteiger partial charge in [-0.15, -0.1) is 0 Å². The molecular weight excluding hydrogens is 338 g/mol. The number of oxazole rings is 1. The van der Waals surface area contributed by atoms with E-state index in [0.29, 0.717) is 28.0 Å². The predicted octanol–water partition coefficient (Wildman–Crippen LogP) is 2.72. The first-order valence-electron chi connectivity index (χ1n) is 6.02. The van der Waals surface area contributed by atoms with Crippen LogP contribution in [0.25, 0.3) is 11.1 Å². The molecule has 1 aromatic heterocycles. The number of H-pyrrole nitrogens is 1. The van der Waals surface area contributed by atoms with Crippen molar-refractivity contribution in [3.05, 3.63) is 57.0 Å². The van der Waals surface area contributed by atoms with E-state index in [4.69, 9.17) is 10.2 Å². The zero-order valence-corrected chi connectivity index (χ0v) is 12.2. The summed E-state index contributed by atoms with van der Waals surface area (Å²) in [6.45, 7) is 0. The Hall–Kier alpha value is -2.54. The summed E-state index contributed by atoms with van der Waals surface area (Å²) in [6.07, 6.45) is 0. The molecule has 0 unspecified atom stereocenters. The molecule has 0 saturated carbocycles. The molecule has 1 heterocycles. The maximum Gasteiger partial charge on any atom is 0.417 e. The minimum absolute atomic E-state index is 0.334. The Kier molecular flexibility index (Phi) is 3.26. The van der Waals surface area contributed by atoms with Gasteiger partial charge in [0, 0.05) is 15.8 Å². The number of nitrogens with two attached hydrogens (primary N) is 1. The average molecular weight is 348 g/mol. The highest BCUT2D eigenvalue weighted by molar-refractivity contribution is 9.10. The van der Waals surface area contributed by atoms with Crippen molar-refractivity contribution in [3.63, 3.8) is 0 Å². The number of carbonyl (C=O) groups is 1. The number of anilines is 2. The molecule has 0 spiro atoms. The molecule has 0 atom stereocenters. The number of benzene rings is 2. The zero-order chi connectivity index (χ0) is 15.0. The van der Waals surface area contributed by atoms with Gasteiger partial charge in [-0.1, -0.05) is 15.9 Å². The van der Waals surface area contributed by atoms with Gasteiger partial charge in [0.15, 0.2) is 5.58 Å². The lowest BCUT2D eigenvalue weighted by Gasteiger charge is -2.08. The second-order valence-corrected chi connectivity index (χ2v) is 5.33. The van der Waals surface area contributed by atoms with Crippen molar-refractivity contribution in [2.75, 3.05) is 11.1 Å². The predicted molar refractivity (Wildman–Crippen MR) is 83.3 cm³/mol. The Bertz CT molecular complexity index is 898. The number of amides is 1. The van der Waals surface area contributed by atoms with Gasteiger partial charge in [0.2, 0.25) is 0 Å². The van der Waals surface area contributed by atoms with Crippen LogP contribution in [0, 0.1) is 0 Å². The molecule has 6 nitrogen and oxygen atoms in total. The standard InChI is InChI=1S/C14H10BrN3O3/c15-7-1-3-10(16)9(5-7)13(19)17-8-2-4-12-11(6-8)18-14(20)21-12/h1-6H,16H2,(H,17,19)(H,18,20). The number of carbonyl (C=O) groups excluding carboxylic acids is 1. The van der Waals surface area contributed by atoms with Crippen molar-refractivity contribution in [1.82, 2.24) is 4.98 Å². The summed E-state index contributed by atoms with van der Waals surface area (Å²) in [5, 5.41) is 2.72. The molecule has 2 aromatic carbocycles. The van der Waals surface area contributed by atoms with Gasteiger partial charge in [-0.05, 0) is 36.4 Å². The molecule has 3 aromatic rings. The number of rotatable bonds is 2. The zero-order valence-electron chi connectivity index (χ0n) is 10.6. The highest BCUT2D eigenvalue weighted by atomic mass is 79.9. The van der Waals surface area contributed by atoms with E-state index in [-0.39, 0.29) is 5.91 Å². The van der Waals surface area contributed by atoms with Gasteiger partial charge in [0.05, 0.1) is 11.1 Å². The third-order valence-corrected chi connectivity index (χ3v) is 3.43. The smallest absolute Gasteiger partial charge is 0.408 e. The van der Waals surface area contributed by atoms with Crippen LogP contribution in [0.3, 0.4) is 0 Å². The average Bonchev–Trinajstić information content (AvgIpc) is 2.80. The lowest BCUT2D eigenvalue weighted by molar-refractivity contribution is 0.102. The van der Waals surface area contributed by atoms with Crippen LogP contribution in [0.2, 0.25) is 0 Å². The third-order valence-electron chi connectivity index (χ3n) is 2.94. The van der Waals surface area contributed by atoms with Crippen molar-refractivity contribution < 1.29 is 9.21 Å². The van der Waals surface area contributed by atoms with Crippen molar-refractivity contribution in [2.45, 2.75) is 0 Å². The molecule has 0 aliphatic heterocycles. The fourth-order valence-corrected chi connectivity index (χ4v) is 2.31. The molecular formula is C14H10BrN3O3. The van der Waals surface area contributed by atoms with E-state index in [1.54, 1.807) is 36.4 Å². The number of nitrogen functional groups attached to an aromatic ring is 1. The van der Waals surface area contributed by atoms with E-state index in [0.717, 1.165) is 4.47 Å². The summed E-state index contributed by atoms with van der Waals surface area (Å²) in [7, 11) is 0. The molecule has 106 valence electrons. The van der Waals surface area contributed by atoms with Crippen LogP contribution in [0.1, 0.15) is 10.4 Å². The Morgan fingerprint density at radius 1 is 1.24 bits per heavy atom. The Morgan fingerprint density at radius 3 is 2.86 bits per heavy atom. The van der Waals surface area contributed by atoms with Crippen LogP contribution in [-0.2, 0) is 0 Å². The first-order chi connectivity index (χ1) is 10.0. The second kappa shape index (κ2) is 5.10. The van der Waals surface area contributed by atoms with Crippen molar-refractivity contribution in [1.29, 1.82) is 0 Å². The number of halogens is 1. The van der Waals surface area contributed by atoms with E-state index in [1.165, 1.54) is 0 Å². The monoisotopic (exact) mass is 347 g/mol. The van der Waals surface area contributed by atoms with E-state index in [1.807, 2.05) is 0 Å². The lowest BCUT2D eigenvalue weighted by Crippen LogP contribution is -2.14. The van der Waals surface area contributed by atoms with E-state index in [2.05, 4.69) is 26.2 Å². The van der Waals surface area contributed by atoms with Crippen LogP contribution < -0.4 is 16.8 Å². The Balaban J connectivity index is 1.92. The quantitative estimate of drug-likeness (QED) is 0.620. The molecule has 0 fully saturated rings. The van der Waals surface area contributed by atoms with Crippen molar-refractivity contribution >= 4 is 44.3 Å². The largest absolute Gasteiger partial charge is 0.417 e. The van der Waals surface area contributed by atoms with Gasteiger partial charge in [0.25, 0.3) is 5.91 Å². The molecule has 3 rings (SSSR count). The molecule has 0 saturated heterocycles. The summed E-state index contributed by atoms with van der Waals surface area (Å²) in [6, 6.07) is 9.91. The number of hydrogen-bond acceptors (Lipinski definition) is 4. The third kappa shape index (κ3) is 2.68. The summed E-state index contributed by atoms with van der Waals surface area (Å²) in [4.78, 5) is 25.8. The molecule has 0 aliphatic carbocycles. The lowest BCUT2D eigenvalue weighted by atomic mass is 10.1. The molecule has 0 radical (unpaired) electrons. The summed E-state index contributed by atoms with van der Waals surface area (Å²) < 4.78 is 5.66. The van der Waals surface area contributed by atoms with Crippen LogP contribution in [-0.4, -0.2) is 10.9 Å². The SMILES string of the molecule is Nc1ccc(Br)cc1C(=O)Nc1ccc2oc(=O)[nH]c2c1. The summed E-state index contributed by atoms with van der Waals surface area (Å²) >= 11 is 3.30. The summed E-state index contributed by atoms with van der Waals surface area (Å²) in [5.74, 6) is -0.872. The highest BCUT2D eigenvalue weighted by Gasteiger charge is 2.11. The van der Waals surface area contributed by atoms with Crippen LogP contribution in [0.5, 0.6) is 0 Å². The fraction of sp³-hybridized carbons (Fsp3) is 0. The molecule has 0 aliphatic rings. The van der Waals surface area contributed by atoms with Gasteiger partial charge >= 0.3 is 5.76 Å². The summed E-state index contributed by atoms with van der Waals surface area (Å²) in [5.41, 5.74) is 8.02. The van der Waals surface area contributed by atoms with Crippen LogP contribution in [0.4, 0.5) is 11.4 Å². The minimum atomic E-state index is -0.537. The highest BCUT2D eigenvalue weighted by Crippen LogP contribution is 2.21. The first kappa shape index (κ1) is 13.4. The van der Waals surface area contributed by atoms with Crippen molar-refractivity contribution in [3.8, 4) is 0 Å². The maximum atomic E-state index is 12.2. The van der Waals surface area contributed by atoms with Gasteiger partial charge in [-0.2, -0.15) is 0 Å². The fourth-order valence-electron chi connectivity index (χ4n) is 1.95. The van der Waals surface area contributed by atoms with Crippen LogP contribution in [0.15, 0.2) is 50.1 Å². The Morgan fingerprint density at radius 2 is 2.05 bits per heavy atom. The first-order valence-corrected chi connectivity index (χ1v) is 6.81. The van der Waals surface area contributed by atoms with Crippen LogP contribution >= 0.6 is 15.9 Å². The number of hydrogen-bond donors (Lipinski definition) is 3. The molecule has 21 heavy (non-hydrogen) atoms. The van der Waals surface area contributed by atoms with Gasteiger partial charge in [-0.25, -0.2) is 4.79 Å². The number of nitrogens with one attached hydrogen (secondary N) is 2. The van der Waals surface area contributed by atoms with E-state index >= 15 is 0 Å².